The summed E-state index contributed by atoms with van der Waals surface area (Å²) in [6, 6.07) is 3.18. The quantitative estimate of drug-likeness (QED) is 0.628. The minimum absolute atomic E-state index is 0.0102. The van der Waals surface area contributed by atoms with Crippen molar-refractivity contribution in [3.8, 4) is 34.5 Å². The fourth-order valence-corrected chi connectivity index (χ4v) is 3.47. The number of carbonyl (C=O) groups is 1. The first-order chi connectivity index (χ1) is 12.8. The minimum Gasteiger partial charge on any atom is -0.507 e. The summed E-state index contributed by atoms with van der Waals surface area (Å²) in [4.78, 5) is 13.0. The number of phenolic OH excluding ortho intramolecular Hbond substituents is 3. The van der Waals surface area contributed by atoms with Crippen LogP contribution in [0.3, 0.4) is 0 Å². The van der Waals surface area contributed by atoms with Crippen LogP contribution in [0.25, 0.3) is 0 Å². The summed E-state index contributed by atoms with van der Waals surface area (Å²) in [5.74, 6) is -1.80. The van der Waals surface area contributed by atoms with E-state index in [-0.39, 0.29) is 58.7 Å². The van der Waals surface area contributed by atoms with Gasteiger partial charge in [-0.2, -0.15) is 0 Å². The zero-order valence-corrected chi connectivity index (χ0v) is 14.6. The summed E-state index contributed by atoms with van der Waals surface area (Å²) in [7, 11) is 0. The van der Waals surface area contributed by atoms with Crippen LogP contribution in [-0.4, -0.2) is 39.3 Å². The highest BCUT2D eigenvalue weighted by atomic mass is 16.7. The van der Waals surface area contributed by atoms with E-state index in [1.54, 1.807) is 12.1 Å². The topological polar surface area (TPSA) is 126 Å². The molecule has 8 heteroatoms. The van der Waals surface area contributed by atoms with Crippen LogP contribution in [0.2, 0.25) is 0 Å². The maximum atomic E-state index is 13.0. The minimum atomic E-state index is -1.50. The van der Waals surface area contributed by atoms with E-state index >= 15 is 0 Å². The lowest BCUT2D eigenvalue weighted by Crippen LogP contribution is -2.39. The number of Topliss-reactive ketones (excluding diaryl/α,β-unsaturated/α-hetero) is 1. The Morgan fingerprint density at radius 2 is 1.74 bits per heavy atom. The molecule has 2 aromatic rings. The Balaban J connectivity index is 1.74. The van der Waals surface area contributed by atoms with Gasteiger partial charge in [0.1, 0.15) is 22.8 Å². The van der Waals surface area contributed by atoms with Gasteiger partial charge in [0.25, 0.3) is 0 Å². The first-order valence-corrected chi connectivity index (χ1v) is 8.35. The van der Waals surface area contributed by atoms with E-state index in [2.05, 4.69) is 0 Å². The van der Waals surface area contributed by atoms with Gasteiger partial charge < -0.3 is 34.6 Å². The number of carbonyl (C=O) groups excluding carboxylic acids is 1. The molecule has 1 unspecified atom stereocenters. The van der Waals surface area contributed by atoms with E-state index in [4.69, 9.17) is 14.2 Å². The number of ketones is 1. The van der Waals surface area contributed by atoms with Crippen molar-refractivity contribution < 1.29 is 39.4 Å². The number of fused-ring (bicyclic) bond motifs is 2. The Morgan fingerprint density at radius 3 is 2.48 bits per heavy atom. The molecule has 27 heavy (non-hydrogen) atoms. The van der Waals surface area contributed by atoms with Crippen molar-refractivity contribution >= 4 is 5.78 Å². The van der Waals surface area contributed by atoms with Crippen molar-refractivity contribution in [1.29, 1.82) is 0 Å². The smallest absolute Gasteiger partial charge is 0.231 e. The number of hydrogen-bond acceptors (Lipinski definition) is 8. The number of hydrogen-bond donors (Lipinski definition) is 4. The SMILES string of the molecule is Cc1c(O)c(C)c2c(c1O)C(=O)C(Cc1ccc3c(c1O)OCO3)[C@@H](O)O2. The lowest BCUT2D eigenvalue weighted by Gasteiger charge is -2.31. The molecule has 0 amide bonds. The number of phenols is 3. The van der Waals surface area contributed by atoms with Crippen LogP contribution in [0, 0.1) is 19.8 Å². The van der Waals surface area contributed by atoms with E-state index in [0.717, 1.165) is 0 Å². The Morgan fingerprint density at radius 1 is 1.00 bits per heavy atom. The third-order valence-electron chi connectivity index (χ3n) is 5.07. The molecule has 2 aromatic carbocycles. The van der Waals surface area contributed by atoms with Crippen LogP contribution in [-0.2, 0) is 6.42 Å². The normalized spacial score (nSPS) is 20.3. The summed E-state index contributed by atoms with van der Waals surface area (Å²) in [5, 5.41) is 41.1. The highest BCUT2D eigenvalue weighted by molar-refractivity contribution is 6.05. The number of benzene rings is 2. The molecule has 2 aliphatic heterocycles. The molecule has 0 aromatic heterocycles. The Hall–Kier alpha value is -3.13. The van der Waals surface area contributed by atoms with Crippen LogP contribution in [0.1, 0.15) is 27.0 Å². The van der Waals surface area contributed by atoms with Gasteiger partial charge in [0, 0.05) is 11.1 Å². The molecule has 2 aliphatic rings. The van der Waals surface area contributed by atoms with E-state index in [1.807, 2.05) is 0 Å². The van der Waals surface area contributed by atoms with Gasteiger partial charge in [0.15, 0.2) is 17.3 Å². The molecule has 4 rings (SSSR count). The molecule has 2 atom stereocenters. The number of ether oxygens (including phenoxy) is 3. The lowest BCUT2D eigenvalue weighted by molar-refractivity contribution is -0.0599. The molecule has 8 nitrogen and oxygen atoms in total. The average molecular weight is 374 g/mol. The largest absolute Gasteiger partial charge is 0.507 e. The third-order valence-corrected chi connectivity index (χ3v) is 5.07. The molecule has 2 heterocycles. The number of aliphatic hydroxyl groups is 1. The van der Waals surface area contributed by atoms with Crippen molar-refractivity contribution in [1.82, 2.24) is 0 Å². The molecular formula is C19H18O8. The molecule has 0 aliphatic carbocycles. The van der Waals surface area contributed by atoms with Crippen LogP contribution in [0.15, 0.2) is 12.1 Å². The van der Waals surface area contributed by atoms with Crippen molar-refractivity contribution in [3.05, 3.63) is 34.4 Å². The summed E-state index contributed by atoms with van der Waals surface area (Å²) < 4.78 is 15.8. The summed E-state index contributed by atoms with van der Waals surface area (Å²) in [6.07, 6.45) is -1.55. The molecule has 0 saturated carbocycles. The van der Waals surface area contributed by atoms with Gasteiger partial charge in [0.05, 0.1) is 5.92 Å². The zero-order valence-electron chi connectivity index (χ0n) is 14.6. The number of aromatic hydroxyl groups is 3. The number of aliphatic hydroxyl groups excluding tert-OH is 1. The first-order valence-electron chi connectivity index (χ1n) is 8.35. The van der Waals surface area contributed by atoms with Crippen LogP contribution >= 0.6 is 0 Å². The highest BCUT2D eigenvalue weighted by Crippen LogP contribution is 2.47. The lowest BCUT2D eigenvalue weighted by atomic mass is 9.85. The molecule has 0 bridgehead atoms. The second kappa shape index (κ2) is 5.95. The maximum absolute atomic E-state index is 13.0. The maximum Gasteiger partial charge on any atom is 0.231 e. The van der Waals surface area contributed by atoms with Gasteiger partial charge >= 0.3 is 0 Å². The Kier molecular flexibility index (Phi) is 3.81. The zero-order chi connectivity index (χ0) is 19.5. The van der Waals surface area contributed by atoms with Crippen molar-refractivity contribution in [2.45, 2.75) is 26.6 Å². The monoisotopic (exact) mass is 374 g/mol. The van der Waals surface area contributed by atoms with Crippen molar-refractivity contribution in [3.63, 3.8) is 0 Å². The molecular weight excluding hydrogens is 356 g/mol. The molecule has 4 N–H and O–H groups in total. The van der Waals surface area contributed by atoms with Crippen LogP contribution in [0.5, 0.6) is 34.5 Å². The number of rotatable bonds is 2. The Labute approximate surface area is 154 Å². The van der Waals surface area contributed by atoms with Crippen LogP contribution < -0.4 is 14.2 Å². The molecule has 0 saturated heterocycles. The average Bonchev–Trinajstić information content (AvgIpc) is 3.12. The van der Waals surface area contributed by atoms with Crippen molar-refractivity contribution in [2.24, 2.45) is 5.92 Å². The summed E-state index contributed by atoms with van der Waals surface area (Å²) in [5.41, 5.74) is 0.704. The van der Waals surface area contributed by atoms with E-state index in [1.165, 1.54) is 13.8 Å². The van der Waals surface area contributed by atoms with E-state index in [0.29, 0.717) is 11.3 Å². The van der Waals surface area contributed by atoms with Gasteiger partial charge in [-0.25, -0.2) is 0 Å². The van der Waals surface area contributed by atoms with Gasteiger partial charge in [-0.05, 0) is 31.9 Å². The standard InChI is InChI=1S/C19H18O8/c1-7-13(20)8(2)17-12(14(7)21)16(23)10(19(24)27-17)5-9-3-4-11-18(15(9)22)26-6-25-11/h3-4,10,19-22,24H,5-6H2,1-2H3/t10?,19-/m0/s1. The first kappa shape index (κ1) is 17.3. The summed E-state index contributed by atoms with van der Waals surface area (Å²) in [6.45, 7) is 3.00. The molecule has 0 fully saturated rings. The summed E-state index contributed by atoms with van der Waals surface area (Å²) >= 11 is 0. The van der Waals surface area contributed by atoms with Gasteiger partial charge in [-0.3, -0.25) is 4.79 Å². The van der Waals surface area contributed by atoms with E-state index in [9.17, 15) is 25.2 Å². The predicted octanol–water partition coefficient (Wildman–Crippen LogP) is 1.90. The van der Waals surface area contributed by atoms with Gasteiger partial charge in [0.2, 0.25) is 18.8 Å². The fourth-order valence-electron chi connectivity index (χ4n) is 3.47. The van der Waals surface area contributed by atoms with Crippen molar-refractivity contribution in [2.75, 3.05) is 6.79 Å². The van der Waals surface area contributed by atoms with E-state index < -0.39 is 18.0 Å². The Bertz CT molecular complexity index is 965. The van der Waals surface area contributed by atoms with Gasteiger partial charge in [-0.1, -0.05) is 6.07 Å². The highest BCUT2D eigenvalue weighted by Gasteiger charge is 2.41. The second-order valence-corrected chi connectivity index (χ2v) is 6.64. The predicted molar refractivity (Wildman–Crippen MR) is 91.6 cm³/mol. The van der Waals surface area contributed by atoms with Gasteiger partial charge in [-0.15, -0.1) is 0 Å². The van der Waals surface area contributed by atoms with Crippen LogP contribution in [0.4, 0.5) is 0 Å². The fraction of sp³-hybridized carbons (Fsp3) is 0.316. The molecule has 0 spiro atoms. The molecule has 0 radical (unpaired) electrons. The second-order valence-electron chi connectivity index (χ2n) is 6.64. The third kappa shape index (κ3) is 2.44. The molecule has 142 valence electrons.